The first-order valence-electron chi connectivity index (χ1n) is 9.33. The average molecular weight is 394 g/mol. The number of nitrogens with zero attached hydrogens (tertiary/aromatic N) is 2. The van der Waals surface area contributed by atoms with E-state index in [2.05, 4.69) is 5.32 Å². The number of hydrogen-bond acceptors (Lipinski definition) is 5. The Morgan fingerprint density at radius 1 is 1.31 bits per heavy atom. The number of amides is 1. The van der Waals surface area contributed by atoms with Gasteiger partial charge < -0.3 is 5.32 Å². The summed E-state index contributed by atoms with van der Waals surface area (Å²) < 4.78 is 1.72. The molecule has 0 aliphatic heterocycles. The lowest BCUT2D eigenvalue weighted by molar-refractivity contribution is -0.119. The Kier molecular flexibility index (Phi) is 6.07. The van der Waals surface area contributed by atoms with Crippen molar-refractivity contribution in [1.82, 2.24) is 14.9 Å². The van der Waals surface area contributed by atoms with Crippen LogP contribution in [0.1, 0.15) is 62.4 Å². The zero-order valence-electron chi connectivity index (χ0n) is 15.9. The number of fused-ring (bicyclic) bond motifs is 1. The number of nitrogens with one attached hydrogen (secondary N) is 1. The van der Waals surface area contributed by atoms with Crippen LogP contribution in [0.15, 0.2) is 9.95 Å². The maximum atomic E-state index is 13.0. The van der Waals surface area contributed by atoms with E-state index in [9.17, 15) is 9.59 Å². The van der Waals surface area contributed by atoms with Gasteiger partial charge in [0.15, 0.2) is 5.16 Å². The number of rotatable bonds is 5. The molecule has 0 atom stereocenters. The molecule has 1 fully saturated rings. The summed E-state index contributed by atoms with van der Waals surface area (Å²) in [7, 11) is 0. The Balaban J connectivity index is 1.81. The first kappa shape index (κ1) is 19.4. The van der Waals surface area contributed by atoms with Crippen molar-refractivity contribution in [2.75, 3.05) is 5.75 Å². The third kappa shape index (κ3) is 3.98. The zero-order valence-corrected chi connectivity index (χ0v) is 17.6. The van der Waals surface area contributed by atoms with Gasteiger partial charge in [-0.15, -0.1) is 11.3 Å². The maximum Gasteiger partial charge on any atom is 0.263 e. The van der Waals surface area contributed by atoms with Gasteiger partial charge in [0.1, 0.15) is 4.83 Å². The Morgan fingerprint density at radius 3 is 2.65 bits per heavy atom. The second-order valence-electron chi connectivity index (χ2n) is 7.32. The van der Waals surface area contributed by atoms with Crippen LogP contribution in [0.3, 0.4) is 0 Å². The van der Waals surface area contributed by atoms with Crippen molar-refractivity contribution in [3.8, 4) is 0 Å². The lowest BCUT2D eigenvalue weighted by Crippen LogP contribution is -2.37. The molecule has 0 spiro atoms. The molecule has 2 aromatic heterocycles. The smallest absolute Gasteiger partial charge is 0.263 e. The molecule has 26 heavy (non-hydrogen) atoms. The van der Waals surface area contributed by atoms with Crippen LogP contribution >= 0.6 is 23.1 Å². The highest BCUT2D eigenvalue weighted by Gasteiger charge is 2.20. The Morgan fingerprint density at radius 2 is 2.00 bits per heavy atom. The van der Waals surface area contributed by atoms with Crippen molar-refractivity contribution in [2.45, 2.75) is 77.0 Å². The fourth-order valence-electron chi connectivity index (χ4n) is 3.49. The Hall–Kier alpha value is -1.34. The highest BCUT2D eigenvalue weighted by Crippen LogP contribution is 2.29. The minimum absolute atomic E-state index is 0.00189. The molecule has 7 heteroatoms. The standard InChI is InChI=1S/C19H27N3O2S2/c1-11(2)22-18(24)16-12(3)13(4)26-17(16)21-19(22)25-10-15(23)20-14-8-6-5-7-9-14/h11,14H,5-10H2,1-4H3,(H,20,23). The van der Waals surface area contributed by atoms with Gasteiger partial charge in [0, 0.05) is 17.0 Å². The summed E-state index contributed by atoms with van der Waals surface area (Å²) in [5.74, 6) is 0.329. The molecule has 1 saturated carbocycles. The van der Waals surface area contributed by atoms with Crippen molar-refractivity contribution >= 4 is 39.2 Å². The summed E-state index contributed by atoms with van der Waals surface area (Å²) in [6, 6.07) is 0.310. The zero-order chi connectivity index (χ0) is 18.8. The quantitative estimate of drug-likeness (QED) is 0.611. The van der Waals surface area contributed by atoms with Crippen LogP contribution in [0.4, 0.5) is 0 Å². The summed E-state index contributed by atoms with van der Waals surface area (Å²) in [5.41, 5.74) is 1.02. The maximum absolute atomic E-state index is 13.0. The first-order chi connectivity index (χ1) is 12.4. The summed E-state index contributed by atoms with van der Waals surface area (Å²) in [6.45, 7) is 7.96. The van der Waals surface area contributed by atoms with Crippen molar-refractivity contribution in [3.05, 3.63) is 20.8 Å². The van der Waals surface area contributed by atoms with Gasteiger partial charge in [0.2, 0.25) is 5.91 Å². The summed E-state index contributed by atoms with van der Waals surface area (Å²) >= 11 is 2.91. The van der Waals surface area contributed by atoms with Gasteiger partial charge in [0.25, 0.3) is 5.56 Å². The molecule has 1 aliphatic carbocycles. The van der Waals surface area contributed by atoms with Crippen LogP contribution in [0.25, 0.3) is 10.2 Å². The number of thioether (sulfide) groups is 1. The predicted molar refractivity (Wildman–Crippen MR) is 109 cm³/mol. The number of carbonyl (C=O) groups excluding carboxylic acids is 1. The molecule has 0 bridgehead atoms. The summed E-state index contributed by atoms with van der Waals surface area (Å²) in [6.07, 6.45) is 5.81. The Labute approximate surface area is 162 Å². The lowest BCUT2D eigenvalue weighted by Gasteiger charge is -2.22. The van der Waals surface area contributed by atoms with E-state index in [1.54, 1.807) is 15.9 Å². The topological polar surface area (TPSA) is 64.0 Å². The van der Waals surface area contributed by atoms with Gasteiger partial charge in [-0.25, -0.2) is 4.98 Å². The molecule has 0 radical (unpaired) electrons. The van der Waals surface area contributed by atoms with Gasteiger partial charge in [-0.3, -0.25) is 14.2 Å². The monoisotopic (exact) mass is 393 g/mol. The highest BCUT2D eigenvalue weighted by atomic mass is 32.2. The molecule has 5 nitrogen and oxygen atoms in total. The molecule has 1 aliphatic rings. The molecule has 2 heterocycles. The second-order valence-corrected chi connectivity index (χ2v) is 9.46. The van der Waals surface area contributed by atoms with Crippen LogP contribution in [-0.2, 0) is 4.79 Å². The average Bonchev–Trinajstić information content (AvgIpc) is 2.88. The highest BCUT2D eigenvalue weighted by molar-refractivity contribution is 7.99. The van der Waals surface area contributed by atoms with Crippen LogP contribution in [0.5, 0.6) is 0 Å². The molecule has 142 valence electrons. The SMILES string of the molecule is Cc1sc2nc(SCC(=O)NC3CCCCC3)n(C(C)C)c(=O)c2c1C. The van der Waals surface area contributed by atoms with E-state index in [0.29, 0.717) is 17.0 Å². The molecule has 3 rings (SSSR count). The van der Waals surface area contributed by atoms with E-state index < -0.39 is 0 Å². The summed E-state index contributed by atoms with van der Waals surface area (Å²) in [5, 5.41) is 4.49. The fourth-order valence-corrected chi connectivity index (χ4v) is 5.50. The van der Waals surface area contributed by atoms with E-state index in [0.717, 1.165) is 33.5 Å². The normalized spacial score (nSPS) is 15.7. The molecule has 2 aromatic rings. The van der Waals surface area contributed by atoms with E-state index >= 15 is 0 Å². The van der Waals surface area contributed by atoms with Gasteiger partial charge >= 0.3 is 0 Å². The van der Waals surface area contributed by atoms with Gasteiger partial charge in [-0.2, -0.15) is 0 Å². The van der Waals surface area contributed by atoms with Crippen molar-refractivity contribution < 1.29 is 4.79 Å². The van der Waals surface area contributed by atoms with E-state index in [1.165, 1.54) is 31.0 Å². The number of aryl methyl sites for hydroxylation is 2. The second kappa shape index (κ2) is 8.13. The van der Waals surface area contributed by atoms with Crippen LogP contribution < -0.4 is 10.9 Å². The van der Waals surface area contributed by atoms with Crippen molar-refractivity contribution in [2.24, 2.45) is 0 Å². The molecule has 1 N–H and O–H groups in total. The third-order valence-electron chi connectivity index (χ3n) is 5.02. The lowest BCUT2D eigenvalue weighted by atomic mass is 9.95. The third-order valence-corrected chi connectivity index (χ3v) is 7.08. The number of aromatic nitrogens is 2. The van der Waals surface area contributed by atoms with Crippen LogP contribution in [0, 0.1) is 13.8 Å². The van der Waals surface area contributed by atoms with Crippen LogP contribution in [0.2, 0.25) is 0 Å². The number of hydrogen-bond donors (Lipinski definition) is 1. The molecule has 0 aromatic carbocycles. The van der Waals surface area contributed by atoms with E-state index in [4.69, 9.17) is 4.98 Å². The van der Waals surface area contributed by atoms with Crippen LogP contribution in [-0.4, -0.2) is 27.3 Å². The van der Waals surface area contributed by atoms with E-state index in [1.807, 2.05) is 27.7 Å². The molecule has 1 amide bonds. The molecular formula is C19H27N3O2S2. The van der Waals surface area contributed by atoms with Gasteiger partial charge in [-0.05, 0) is 46.1 Å². The number of carbonyl (C=O) groups is 1. The molecule has 0 saturated heterocycles. The van der Waals surface area contributed by atoms with Gasteiger partial charge in [-0.1, -0.05) is 31.0 Å². The summed E-state index contributed by atoms with van der Waals surface area (Å²) in [4.78, 5) is 31.9. The fraction of sp³-hybridized carbons (Fsp3) is 0.632. The van der Waals surface area contributed by atoms with Gasteiger partial charge in [0.05, 0.1) is 11.1 Å². The minimum atomic E-state index is 0.00189. The minimum Gasteiger partial charge on any atom is -0.353 e. The van der Waals surface area contributed by atoms with E-state index in [-0.39, 0.29) is 17.5 Å². The predicted octanol–water partition coefficient (Wildman–Crippen LogP) is 4.20. The molecular weight excluding hydrogens is 366 g/mol. The first-order valence-corrected chi connectivity index (χ1v) is 11.1. The Bertz CT molecular complexity index is 864. The largest absolute Gasteiger partial charge is 0.353 e. The van der Waals surface area contributed by atoms with Crippen molar-refractivity contribution in [3.63, 3.8) is 0 Å². The molecule has 0 unspecified atom stereocenters. The number of thiophene rings is 1. The van der Waals surface area contributed by atoms with Crippen molar-refractivity contribution in [1.29, 1.82) is 0 Å².